The average Bonchev–Trinajstić information content (AvgIpc) is 2.87. The highest BCUT2D eigenvalue weighted by molar-refractivity contribution is 6.02. The Balaban J connectivity index is 1.22. The number of fused-ring (bicyclic) bond motifs is 1. The Morgan fingerprint density at radius 3 is 2.54 bits per heavy atom. The Hall–Kier alpha value is -4.15. The van der Waals surface area contributed by atoms with Gasteiger partial charge >= 0.3 is 12.0 Å². The number of nitrogens with zero attached hydrogens (tertiary/aromatic N) is 1. The zero-order valence-electron chi connectivity index (χ0n) is 18.8. The molecule has 1 fully saturated rings. The normalized spacial score (nSPS) is 16.7. The number of hydrogen-bond donors (Lipinski definition) is 2. The van der Waals surface area contributed by atoms with Crippen LogP contribution in [0, 0.1) is 11.7 Å². The Bertz CT molecular complexity index is 1120. The maximum absolute atomic E-state index is 13.1. The molecule has 0 saturated carbocycles. The number of carbonyl (C=O) groups excluding carboxylic acids is 4. The van der Waals surface area contributed by atoms with E-state index in [4.69, 9.17) is 14.2 Å². The molecule has 4 amide bonds. The molecule has 2 aliphatic rings. The van der Waals surface area contributed by atoms with Crippen LogP contribution in [0.4, 0.5) is 14.9 Å². The molecule has 1 saturated heterocycles. The second kappa shape index (κ2) is 10.9. The van der Waals surface area contributed by atoms with Crippen LogP contribution in [0.25, 0.3) is 0 Å². The zero-order chi connectivity index (χ0) is 24.8. The van der Waals surface area contributed by atoms with E-state index >= 15 is 0 Å². The fourth-order valence-corrected chi connectivity index (χ4v) is 3.83. The van der Waals surface area contributed by atoms with Crippen molar-refractivity contribution in [3.8, 4) is 11.5 Å². The van der Waals surface area contributed by atoms with Gasteiger partial charge in [-0.25, -0.2) is 9.18 Å². The molecule has 4 rings (SSSR count). The van der Waals surface area contributed by atoms with Crippen LogP contribution < -0.4 is 20.1 Å². The molecule has 1 unspecified atom stereocenters. The molecule has 2 heterocycles. The van der Waals surface area contributed by atoms with Crippen LogP contribution in [0.15, 0.2) is 42.5 Å². The fourth-order valence-electron chi connectivity index (χ4n) is 3.83. The standard InChI is InChI=1S/C24H24FN3O7/c25-17-5-3-15(4-6-17)22(30)28-9-1-2-16(13-28)23(31)35-14-21(29)27-24(32)26-18-7-8-19-20(12-18)34-11-10-33-19/h3-8,12,16H,1-2,9-11,13-14H2,(H2,26,27,29,32). The van der Waals surface area contributed by atoms with Crippen molar-refractivity contribution >= 4 is 29.5 Å². The zero-order valence-corrected chi connectivity index (χ0v) is 18.8. The number of halogens is 1. The first-order valence-corrected chi connectivity index (χ1v) is 11.1. The summed E-state index contributed by atoms with van der Waals surface area (Å²) in [4.78, 5) is 50.7. The van der Waals surface area contributed by atoms with Gasteiger partial charge in [0.1, 0.15) is 19.0 Å². The van der Waals surface area contributed by atoms with Gasteiger partial charge in [-0.3, -0.25) is 19.7 Å². The van der Waals surface area contributed by atoms with Crippen molar-refractivity contribution < 1.29 is 37.8 Å². The monoisotopic (exact) mass is 485 g/mol. The molecule has 0 radical (unpaired) electrons. The van der Waals surface area contributed by atoms with Crippen LogP contribution in [0.2, 0.25) is 0 Å². The van der Waals surface area contributed by atoms with E-state index in [0.717, 1.165) is 0 Å². The third-order valence-electron chi connectivity index (χ3n) is 5.53. The lowest BCUT2D eigenvalue weighted by Crippen LogP contribution is -2.43. The lowest BCUT2D eigenvalue weighted by atomic mass is 9.97. The minimum Gasteiger partial charge on any atom is -0.486 e. The number of imide groups is 1. The van der Waals surface area contributed by atoms with E-state index in [0.29, 0.717) is 55.4 Å². The van der Waals surface area contributed by atoms with Gasteiger partial charge in [0, 0.05) is 30.4 Å². The minimum atomic E-state index is -0.802. The lowest BCUT2D eigenvalue weighted by molar-refractivity contribution is -0.153. The number of carbonyl (C=O) groups is 4. The maximum atomic E-state index is 13.1. The highest BCUT2D eigenvalue weighted by Crippen LogP contribution is 2.32. The van der Waals surface area contributed by atoms with Crippen LogP contribution in [0.3, 0.4) is 0 Å². The number of nitrogens with one attached hydrogen (secondary N) is 2. The molecule has 1 atom stereocenters. The highest BCUT2D eigenvalue weighted by Gasteiger charge is 2.30. The number of rotatable bonds is 5. The molecule has 11 heteroatoms. The maximum Gasteiger partial charge on any atom is 0.325 e. The van der Waals surface area contributed by atoms with Gasteiger partial charge in [-0.1, -0.05) is 0 Å². The molecule has 184 valence electrons. The summed E-state index contributed by atoms with van der Waals surface area (Å²) in [5.74, 6) is -1.75. The van der Waals surface area contributed by atoms with Crippen LogP contribution in [0.1, 0.15) is 23.2 Å². The SMILES string of the molecule is O=C(COC(=O)C1CCCN(C(=O)c2ccc(F)cc2)C1)NC(=O)Nc1ccc2c(c1)OCCO2. The van der Waals surface area contributed by atoms with Crippen LogP contribution in [-0.4, -0.2) is 61.6 Å². The van der Waals surface area contributed by atoms with Crippen molar-refractivity contribution in [2.75, 3.05) is 38.2 Å². The van der Waals surface area contributed by atoms with Crippen molar-refractivity contribution in [2.24, 2.45) is 5.92 Å². The van der Waals surface area contributed by atoms with E-state index in [-0.39, 0.29) is 12.5 Å². The summed E-state index contributed by atoms with van der Waals surface area (Å²) in [6.45, 7) is 0.778. The highest BCUT2D eigenvalue weighted by atomic mass is 19.1. The second-order valence-electron chi connectivity index (χ2n) is 8.07. The molecule has 0 spiro atoms. The number of esters is 1. The largest absolute Gasteiger partial charge is 0.486 e. The van der Waals surface area contributed by atoms with Gasteiger partial charge in [0.15, 0.2) is 18.1 Å². The van der Waals surface area contributed by atoms with Gasteiger partial charge in [-0.15, -0.1) is 0 Å². The molecule has 10 nitrogen and oxygen atoms in total. The van der Waals surface area contributed by atoms with E-state index in [1.807, 2.05) is 0 Å². The number of urea groups is 1. The van der Waals surface area contributed by atoms with E-state index in [2.05, 4.69) is 10.6 Å². The Morgan fingerprint density at radius 1 is 1.03 bits per heavy atom. The van der Waals surface area contributed by atoms with E-state index in [9.17, 15) is 23.6 Å². The lowest BCUT2D eigenvalue weighted by Gasteiger charge is -2.31. The molecule has 0 aliphatic carbocycles. The Morgan fingerprint density at radius 2 is 1.77 bits per heavy atom. The number of ether oxygens (including phenoxy) is 3. The topological polar surface area (TPSA) is 123 Å². The van der Waals surface area contributed by atoms with Gasteiger partial charge in [0.05, 0.1) is 5.92 Å². The molecule has 35 heavy (non-hydrogen) atoms. The molecule has 0 aromatic heterocycles. The van der Waals surface area contributed by atoms with Gasteiger partial charge in [0.25, 0.3) is 11.8 Å². The summed E-state index contributed by atoms with van der Waals surface area (Å²) in [6, 6.07) is 9.19. The number of amides is 4. The third-order valence-corrected chi connectivity index (χ3v) is 5.53. The first-order chi connectivity index (χ1) is 16.9. The molecule has 2 aromatic rings. The number of anilines is 1. The molecule has 0 bridgehead atoms. The quantitative estimate of drug-likeness (QED) is 0.623. The summed E-state index contributed by atoms with van der Waals surface area (Å²) < 4.78 is 29.0. The van der Waals surface area contributed by atoms with Crippen molar-refractivity contribution in [3.63, 3.8) is 0 Å². The van der Waals surface area contributed by atoms with Crippen molar-refractivity contribution in [1.29, 1.82) is 0 Å². The van der Waals surface area contributed by atoms with Crippen molar-refractivity contribution in [2.45, 2.75) is 12.8 Å². The number of benzene rings is 2. The number of hydrogen-bond acceptors (Lipinski definition) is 7. The Labute approximate surface area is 200 Å². The molecule has 2 aliphatic heterocycles. The van der Waals surface area contributed by atoms with Gasteiger partial charge in [-0.05, 0) is 49.2 Å². The van der Waals surface area contributed by atoms with E-state index in [1.54, 1.807) is 18.2 Å². The average molecular weight is 485 g/mol. The summed E-state index contributed by atoms with van der Waals surface area (Å²) in [6.07, 6.45) is 1.08. The van der Waals surface area contributed by atoms with Crippen LogP contribution in [-0.2, 0) is 14.3 Å². The smallest absolute Gasteiger partial charge is 0.325 e. The van der Waals surface area contributed by atoms with E-state index < -0.39 is 36.2 Å². The van der Waals surface area contributed by atoms with Gasteiger partial charge < -0.3 is 24.4 Å². The number of likely N-dealkylation sites (tertiary alicyclic amines) is 1. The molecular formula is C24H24FN3O7. The van der Waals surface area contributed by atoms with Crippen LogP contribution in [0.5, 0.6) is 11.5 Å². The molecular weight excluding hydrogens is 461 g/mol. The van der Waals surface area contributed by atoms with Crippen LogP contribution >= 0.6 is 0 Å². The first kappa shape index (κ1) is 24.0. The minimum absolute atomic E-state index is 0.126. The first-order valence-electron chi connectivity index (χ1n) is 11.1. The fraction of sp³-hybridized carbons (Fsp3) is 0.333. The van der Waals surface area contributed by atoms with Gasteiger partial charge in [-0.2, -0.15) is 0 Å². The van der Waals surface area contributed by atoms with Crippen molar-refractivity contribution in [1.82, 2.24) is 10.2 Å². The summed E-state index contributed by atoms with van der Waals surface area (Å²) >= 11 is 0. The second-order valence-corrected chi connectivity index (χ2v) is 8.07. The van der Waals surface area contributed by atoms with E-state index in [1.165, 1.54) is 29.2 Å². The molecule has 2 N–H and O–H groups in total. The predicted octanol–water partition coefficient (Wildman–Crippen LogP) is 2.34. The Kier molecular flexibility index (Phi) is 7.44. The third kappa shape index (κ3) is 6.25. The van der Waals surface area contributed by atoms with Crippen molar-refractivity contribution in [3.05, 3.63) is 53.8 Å². The number of piperidine rings is 1. The van der Waals surface area contributed by atoms with Gasteiger partial charge in [0.2, 0.25) is 0 Å². The summed E-state index contributed by atoms with van der Waals surface area (Å²) in [7, 11) is 0. The predicted molar refractivity (Wildman–Crippen MR) is 121 cm³/mol. The summed E-state index contributed by atoms with van der Waals surface area (Å²) in [5.41, 5.74) is 0.716. The summed E-state index contributed by atoms with van der Waals surface area (Å²) in [5, 5.41) is 4.58. The molecule has 2 aromatic carbocycles.